The molecule has 5 heteroatoms. The predicted molar refractivity (Wildman–Crippen MR) is 84.4 cm³/mol. The van der Waals surface area contributed by atoms with Crippen molar-refractivity contribution in [2.24, 2.45) is 5.92 Å². The van der Waals surface area contributed by atoms with Gasteiger partial charge in [-0.25, -0.2) is 4.98 Å². The predicted octanol–water partition coefficient (Wildman–Crippen LogP) is 3.90. The highest BCUT2D eigenvalue weighted by Crippen LogP contribution is 2.30. The van der Waals surface area contributed by atoms with E-state index in [1.165, 1.54) is 6.07 Å². The van der Waals surface area contributed by atoms with Crippen LogP contribution in [0.15, 0.2) is 36.4 Å². The highest BCUT2D eigenvalue weighted by Gasteiger charge is 2.17. The van der Waals surface area contributed by atoms with Gasteiger partial charge >= 0.3 is 0 Å². The van der Waals surface area contributed by atoms with E-state index in [4.69, 9.17) is 0 Å². The summed E-state index contributed by atoms with van der Waals surface area (Å²) in [6, 6.07) is 10.9. The van der Waals surface area contributed by atoms with Crippen molar-refractivity contribution < 1.29 is 4.92 Å². The van der Waals surface area contributed by atoms with Crippen molar-refractivity contribution in [3.8, 4) is 11.3 Å². The lowest BCUT2D eigenvalue weighted by atomic mass is 9.99. The minimum atomic E-state index is -0.392. The maximum atomic E-state index is 11.2. The summed E-state index contributed by atoms with van der Waals surface area (Å²) < 4.78 is 0. The molecule has 2 aromatic rings. The number of rotatable bonds is 5. The van der Waals surface area contributed by atoms with E-state index in [0.717, 1.165) is 17.5 Å². The first-order valence-electron chi connectivity index (χ1n) is 6.93. The zero-order chi connectivity index (χ0) is 15.4. The molecule has 21 heavy (non-hydrogen) atoms. The maximum absolute atomic E-state index is 11.2. The molecule has 1 N–H and O–H groups in total. The zero-order valence-electron chi connectivity index (χ0n) is 12.5. The third-order valence-electron chi connectivity index (χ3n) is 3.17. The molecular weight excluding hydrogens is 266 g/mol. The maximum Gasteiger partial charge on any atom is 0.295 e. The Morgan fingerprint density at radius 3 is 2.67 bits per heavy atom. The molecule has 1 aromatic heterocycles. The second kappa shape index (κ2) is 6.35. The molecule has 0 saturated heterocycles. The van der Waals surface area contributed by atoms with E-state index in [0.29, 0.717) is 17.4 Å². The van der Waals surface area contributed by atoms with Crippen molar-refractivity contribution in [2.75, 3.05) is 12.4 Å². The number of anilines is 1. The third-order valence-corrected chi connectivity index (χ3v) is 3.17. The number of nitro groups is 1. The van der Waals surface area contributed by atoms with Crippen LogP contribution in [0.2, 0.25) is 0 Å². The highest BCUT2D eigenvalue weighted by molar-refractivity contribution is 5.71. The summed E-state index contributed by atoms with van der Waals surface area (Å²) >= 11 is 0. The lowest BCUT2D eigenvalue weighted by molar-refractivity contribution is -0.384. The summed E-state index contributed by atoms with van der Waals surface area (Å²) in [5.41, 5.74) is 2.36. The largest absolute Gasteiger partial charge is 0.373 e. The molecule has 0 aliphatic carbocycles. The number of benzene rings is 1. The molecule has 110 valence electrons. The molecule has 0 aliphatic heterocycles. The summed E-state index contributed by atoms with van der Waals surface area (Å²) in [4.78, 5) is 15.2. The number of aromatic nitrogens is 1. The minimum Gasteiger partial charge on any atom is -0.373 e. The van der Waals surface area contributed by atoms with E-state index in [1.54, 1.807) is 13.1 Å². The van der Waals surface area contributed by atoms with E-state index in [9.17, 15) is 10.1 Å². The van der Waals surface area contributed by atoms with Crippen molar-refractivity contribution >= 4 is 11.5 Å². The monoisotopic (exact) mass is 285 g/mol. The fourth-order valence-corrected chi connectivity index (χ4v) is 2.27. The highest BCUT2D eigenvalue weighted by atomic mass is 16.6. The van der Waals surface area contributed by atoms with Gasteiger partial charge in [-0.1, -0.05) is 32.0 Å². The molecule has 0 unspecified atom stereocenters. The number of nitrogens with one attached hydrogen (secondary N) is 1. The smallest absolute Gasteiger partial charge is 0.295 e. The SMILES string of the molecule is CNc1ccc([N+](=O)[O-])c(-c2cccc(CC(C)C)c2)n1. The van der Waals surface area contributed by atoms with Crippen LogP contribution in [0.4, 0.5) is 11.5 Å². The van der Waals surface area contributed by atoms with Crippen molar-refractivity contribution in [3.05, 3.63) is 52.1 Å². The summed E-state index contributed by atoms with van der Waals surface area (Å²) in [5, 5.41) is 14.1. The summed E-state index contributed by atoms with van der Waals surface area (Å²) in [5.74, 6) is 1.15. The van der Waals surface area contributed by atoms with Crippen LogP contribution in [-0.2, 0) is 6.42 Å². The van der Waals surface area contributed by atoms with Crippen LogP contribution >= 0.6 is 0 Å². The Hall–Kier alpha value is -2.43. The van der Waals surface area contributed by atoms with Gasteiger partial charge in [-0.2, -0.15) is 0 Å². The first-order chi connectivity index (χ1) is 10.0. The number of pyridine rings is 1. The van der Waals surface area contributed by atoms with Crippen LogP contribution in [0.25, 0.3) is 11.3 Å². The molecule has 0 atom stereocenters. The van der Waals surface area contributed by atoms with Gasteiger partial charge < -0.3 is 5.32 Å². The molecule has 0 radical (unpaired) electrons. The van der Waals surface area contributed by atoms with Gasteiger partial charge in [0.2, 0.25) is 0 Å². The molecule has 0 aliphatic rings. The second-order valence-corrected chi connectivity index (χ2v) is 5.37. The molecule has 1 aromatic carbocycles. The van der Waals surface area contributed by atoms with Crippen LogP contribution in [0.1, 0.15) is 19.4 Å². The fourth-order valence-electron chi connectivity index (χ4n) is 2.27. The summed E-state index contributed by atoms with van der Waals surface area (Å²) in [6.07, 6.45) is 0.938. The molecule has 5 nitrogen and oxygen atoms in total. The van der Waals surface area contributed by atoms with E-state index in [1.807, 2.05) is 24.3 Å². The average molecular weight is 285 g/mol. The van der Waals surface area contributed by atoms with E-state index in [-0.39, 0.29) is 5.69 Å². The Labute approximate surface area is 124 Å². The van der Waals surface area contributed by atoms with E-state index < -0.39 is 4.92 Å². The van der Waals surface area contributed by atoms with Gasteiger partial charge in [0.15, 0.2) is 5.69 Å². The molecule has 2 rings (SSSR count). The molecule has 0 amide bonds. The number of hydrogen-bond donors (Lipinski definition) is 1. The van der Waals surface area contributed by atoms with Crippen molar-refractivity contribution in [2.45, 2.75) is 20.3 Å². The molecule has 1 heterocycles. The zero-order valence-corrected chi connectivity index (χ0v) is 12.5. The molecule has 0 saturated carbocycles. The molecule has 0 spiro atoms. The quantitative estimate of drug-likeness (QED) is 0.668. The molecule has 0 fully saturated rings. The summed E-state index contributed by atoms with van der Waals surface area (Å²) in [6.45, 7) is 4.30. The van der Waals surface area contributed by atoms with Gasteiger partial charge in [-0.05, 0) is 30.0 Å². The standard InChI is InChI=1S/C16H19N3O2/c1-11(2)9-12-5-4-6-13(10-12)16-14(19(20)21)7-8-15(17-3)18-16/h4-8,10-11H,9H2,1-3H3,(H,17,18). The number of nitrogens with zero attached hydrogens (tertiary/aromatic N) is 2. The number of hydrogen-bond acceptors (Lipinski definition) is 4. The Kier molecular flexibility index (Phi) is 4.52. The van der Waals surface area contributed by atoms with Gasteiger partial charge in [0.1, 0.15) is 5.82 Å². The average Bonchev–Trinajstić information content (AvgIpc) is 2.46. The van der Waals surface area contributed by atoms with E-state index in [2.05, 4.69) is 24.1 Å². The summed E-state index contributed by atoms with van der Waals surface area (Å²) in [7, 11) is 1.74. The molecule has 0 bridgehead atoms. The van der Waals surface area contributed by atoms with Gasteiger partial charge in [-0.15, -0.1) is 0 Å². The first kappa shape index (κ1) is 15.0. The second-order valence-electron chi connectivity index (χ2n) is 5.37. The van der Waals surface area contributed by atoms with Gasteiger partial charge in [0.05, 0.1) is 4.92 Å². The topological polar surface area (TPSA) is 68.1 Å². The first-order valence-corrected chi connectivity index (χ1v) is 6.93. The normalized spacial score (nSPS) is 10.7. The Bertz CT molecular complexity index is 654. The molecular formula is C16H19N3O2. The lowest BCUT2D eigenvalue weighted by Crippen LogP contribution is -2.00. The van der Waals surface area contributed by atoms with Crippen molar-refractivity contribution in [1.82, 2.24) is 4.98 Å². The lowest BCUT2D eigenvalue weighted by Gasteiger charge is -2.09. The van der Waals surface area contributed by atoms with Crippen molar-refractivity contribution in [1.29, 1.82) is 0 Å². The van der Waals surface area contributed by atoms with Crippen LogP contribution in [0.5, 0.6) is 0 Å². The van der Waals surface area contributed by atoms with Gasteiger partial charge in [-0.3, -0.25) is 10.1 Å². The van der Waals surface area contributed by atoms with Crippen LogP contribution < -0.4 is 5.32 Å². The van der Waals surface area contributed by atoms with E-state index >= 15 is 0 Å². The van der Waals surface area contributed by atoms with Crippen molar-refractivity contribution in [3.63, 3.8) is 0 Å². The van der Waals surface area contributed by atoms with Crippen LogP contribution in [0, 0.1) is 16.0 Å². The van der Waals surface area contributed by atoms with Gasteiger partial charge in [0.25, 0.3) is 5.69 Å². The Morgan fingerprint density at radius 1 is 1.29 bits per heavy atom. The Balaban J connectivity index is 2.51. The van der Waals surface area contributed by atoms with Gasteiger partial charge in [0, 0.05) is 18.7 Å². The third kappa shape index (κ3) is 3.56. The minimum absolute atomic E-state index is 0.0238. The fraction of sp³-hybridized carbons (Fsp3) is 0.312. The van der Waals surface area contributed by atoms with Crippen LogP contribution in [0.3, 0.4) is 0 Å². The Morgan fingerprint density at radius 2 is 2.05 bits per heavy atom. The van der Waals surface area contributed by atoms with Crippen LogP contribution in [-0.4, -0.2) is 17.0 Å².